The lowest BCUT2D eigenvalue weighted by molar-refractivity contribution is -0.142. The van der Waals surface area contributed by atoms with Gasteiger partial charge in [0.15, 0.2) is 0 Å². The number of esters is 1. The van der Waals surface area contributed by atoms with Gasteiger partial charge in [0.05, 0.1) is 0 Å². The van der Waals surface area contributed by atoms with Crippen LogP contribution >= 0.6 is 11.8 Å². The number of carbonyl (C=O) groups is 2. The van der Waals surface area contributed by atoms with Gasteiger partial charge in [-0.3, -0.25) is 9.59 Å². The van der Waals surface area contributed by atoms with Crippen LogP contribution in [-0.2, 0) is 9.53 Å². The number of hydrogen-bond acceptors (Lipinski definition) is 5. The Labute approximate surface area is 272 Å². The van der Waals surface area contributed by atoms with E-state index in [1.165, 1.54) is 108 Å². The third-order valence-corrected chi connectivity index (χ3v) is 9.56. The molecule has 254 valence electrons. The number of unbranched alkanes of at least 4 members (excludes halogenated alkanes) is 19. The fraction of sp³-hybridized carbons (Fsp3) is 0.892. The Morgan fingerprint density at radius 3 is 1.63 bits per heavy atom. The van der Waals surface area contributed by atoms with E-state index in [0.29, 0.717) is 19.1 Å². The Morgan fingerprint density at radius 2 is 1.12 bits per heavy atom. The van der Waals surface area contributed by atoms with Crippen molar-refractivity contribution in [1.29, 1.82) is 0 Å². The van der Waals surface area contributed by atoms with E-state index < -0.39 is 0 Å². The molecule has 5 nitrogen and oxygen atoms in total. The maximum Gasteiger partial charge on any atom is 0.306 e. The van der Waals surface area contributed by atoms with Crippen LogP contribution in [0.15, 0.2) is 12.2 Å². The average Bonchev–Trinajstić information content (AvgIpc) is 2.99. The first-order chi connectivity index (χ1) is 20.9. The molecule has 43 heavy (non-hydrogen) atoms. The molecular weight excluding hydrogens is 552 g/mol. The van der Waals surface area contributed by atoms with E-state index in [1.54, 1.807) is 0 Å². The van der Waals surface area contributed by atoms with Crippen molar-refractivity contribution in [2.75, 3.05) is 39.5 Å². The number of thioether (sulfide) groups is 1. The summed E-state index contributed by atoms with van der Waals surface area (Å²) >= 11 is 1.48. The van der Waals surface area contributed by atoms with Gasteiger partial charge in [0.1, 0.15) is 6.61 Å². The van der Waals surface area contributed by atoms with Gasteiger partial charge < -0.3 is 14.5 Å². The van der Waals surface area contributed by atoms with E-state index >= 15 is 0 Å². The molecule has 0 bridgehead atoms. The van der Waals surface area contributed by atoms with Crippen LogP contribution in [-0.4, -0.2) is 66.6 Å². The van der Waals surface area contributed by atoms with Crippen molar-refractivity contribution < 1.29 is 14.3 Å². The minimum Gasteiger partial charge on any atom is -0.461 e. The van der Waals surface area contributed by atoms with E-state index in [4.69, 9.17) is 4.74 Å². The van der Waals surface area contributed by atoms with E-state index in [0.717, 1.165) is 63.8 Å². The second-order valence-electron chi connectivity index (χ2n) is 12.8. The number of carbonyl (C=O) groups excluding carboxylic acids is 2. The molecule has 0 spiro atoms. The molecule has 0 radical (unpaired) electrons. The summed E-state index contributed by atoms with van der Waals surface area (Å²) in [6.45, 7) is 8.83. The summed E-state index contributed by atoms with van der Waals surface area (Å²) in [4.78, 5) is 29.3. The third-order valence-electron chi connectivity index (χ3n) is 8.41. The molecule has 0 saturated heterocycles. The Morgan fingerprint density at radius 1 is 0.651 bits per heavy atom. The van der Waals surface area contributed by atoms with Gasteiger partial charge in [0.2, 0.25) is 0 Å². The Bertz CT molecular complexity index is 656. The van der Waals surface area contributed by atoms with Crippen LogP contribution in [0, 0.1) is 0 Å². The lowest BCUT2D eigenvalue weighted by Crippen LogP contribution is -2.32. The van der Waals surface area contributed by atoms with Gasteiger partial charge in [-0.1, -0.05) is 147 Å². The van der Waals surface area contributed by atoms with Gasteiger partial charge in [-0.05, 0) is 53.1 Å². The van der Waals surface area contributed by atoms with Gasteiger partial charge in [-0.25, -0.2) is 0 Å². The number of allylic oxidation sites excluding steroid dienone is 1. The molecule has 0 aromatic rings. The van der Waals surface area contributed by atoms with Crippen LogP contribution in [0.25, 0.3) is 0 Å². The van der Waals surface area contributed by atoms with Crippen molar-refractivity contribution in [2.24, 2.45) is 0 Å². The van der Waals surface area contributed by atoms with E-state index in [2.05, 4.69) is 50.7 Å². The van der Waals surface area contributed by atoms with E-state index in [9.17, 15) is 9.59 Å². The highest BCUT2D eigenvalue weighted by Crippen LogP contribution is 2.17. The minimum absolute atomic E-state index is 0.0845. The van der Waals surface area contributed by atoms with Gasteiger partial charge in [-0.2, -0.15) is 0 Å². The van der Waals surface area contributed by atoms with Crippen LogP contribution in [0.3, 0.4) is 0 Å². The van der Waals surface area contributed by atoms with Crippen molar-refractivity contribution in [1.82, 2.24) is 9.80 Å². The lowest BCUT2D eigenvalue weighted by Gasteiger charge is -2.24. The first-order valence-electron chi connectivity index (χ1n) is 18.3. The predicted molar refractivity (Wildman–Crippen MR) is 190 cm³/mol. The molecule has 0 saturated carbocycles. The number of hydrogen-bond donors (Lipinski definition) is 0. The van der Waals surface area contributed by atoms with Gasteiger partial charge in [0.25, 0.3) is 5.24 Å². The number of rotatable bonds is 31. The standard InChI is InChI=1S/C37H72N2O3S/c1-6-8-10-12-14-15-16-17-18-19-23-27-31-39(37(41)43-34-35(3)38(4)5)32-28-24-21-22-26-30-36(40)42-33-29-25-20-13-11-9-7-2/h25,29,35H,6-24,26-28,30-34H2,1-5H3. The number of ether oxygens (including phenoxy) is 1. The molecule has 0 aromatic carbocycles. The number of nitrogens with zero attached hydrogens (tertiary/aromatic N) is 2. The summed E-state index contributed by atoms with van der Waals surface area (Å²) in [5, 5.41) is 0.245. The second kappa shape index (κ2) is 32.4. The van der Waals surface area contributed by atoms with E-state index in [-0.39, 0.29) is 11.2 Å². The van der Waals surface area contributed by atoms with Gasteiger partial charge in [-0.15, -0.1) is 0 Å². The van der Waals surface area contributed by atoms with Crippen molar-refractivity contribution in [2.45, 2.75) is 174 Å². The highest BCUT2D eigenvalue weighted by Gasteiger charge is 2.16. The summed E-state index contributed by atoms with van der Waals surface area (Å²) in [5.41, 5.74) is 0. The molecule has 0 aliphatic heterocycles. The summed E-state index contributed by atoms with van der Waals surface area (Å²) in [6, 6.07) is 0.390. The second-order valence-corrected chi connectivity index (χ2v) is 13.8. The molecule has 1 unspecified atom stereocenters. The summed E-state index contributed by atoms with van der Waals surface area (Å²) < 4.78 is 5.33. The Kier molecular flexibility index (Phi) is 31.6. The van der Waals surface area contributed by atoms with Crippen molar-refractivity contribution in [3.8, 4) is 0 Å². The zero-order chi connectivity index (χ0) is 31.8. The molecule has 0 fully saturated rings. The third kappa shape index (κ3) is 29.5. The SMILES string of the molecule is CCCCCCC=CCOC(=O)CCCCCCCN(CCCCCCCCCCCCCC)C(=O)SCC(C)N(C)C. The molecule has 0 aromatic heterocycles. The summed E-state index contributed by atoms with van der Waals surface area (Å²) in [6.07, 6.45) is 32.0. The van der Waals surface area contributed by atoms with Crippen molar-refractivity contribution in [3.05, 3.63) is 12.2 Å². The largest absolute Gasteiger partial charge is 0.461 e. The van der Waals surface area contributed by atoms with Gasteiger partial charge in [0, 0.05) is 31.3 Å². The van der Waals surface area contributed by atoms with Crippen molar-refractivity contribution >= 4 is 23.0 Å². The molecular formula is C37H72N2O3S. The first kappa shape index (κ1) is 42.0. The fourth-order valence-corrected chi connectivity index (χ4v) is 6.11. The molecule has 1 atom stereocenters. The fourth-order valence-electron chi connectivity index (χ4n) is 5.06. The monoisotopic (exact) mass is 625 g/mol. The molecule has 1 amide bonds. The molecule has 0 aliphatic rings. The maximum absolute atomic E-state index is 13.0. The molecule has 0 rings (SSSR count). The highest BCUT2D eigenvalue weighted by molar-refractivity contribution is 8.13. The summed E-state index contributed by atoms with van der Waals surface area (Å²) in [7, 11) is 4.15. The quantitative estimate of drug-likeness (QED) is 0.0436. The van der Waals surface area contributed by atoms with Crippen LogP contribution in [0.1, 0.15) is 168 Å². The summed E-state index contributed by atoms with van der Waals surface area (Å²) in [5.74, 6) is 0.754. The minimum atomic E-state index is -0.0845. The average molecular weight is 625 g/mol. The predicted octanol–water partition coefficient (Wildman–Crippen LogP) is 11.2. The van der Waals surface area contributed by atoms with Crippen LogP contribution in [0.2, 0.25) is 0 Å². The zero-order valence-corrected chi connectivity index (χ0v) is 30.2. The van der Waals surface area contributed by atoms with Gasteiger partial charge >= 0.3 is 5.97 Å². The smallest absolute Gasteiger partial charge is 0.306 e. The first-order valence-corrected chi connectivity index (χ1v) is 19.3. The molecule has 0 N–H and O–H groups in total. The highest BCUT2D eigenvalue weighted by atomic mass is 32.2. The van der Waals surface area contributed by atoms with Crippen molar-refractivity contribution in [3.63, 3.8) is 0 Å². The molecule has 6 heteroatoms. The topological polar surface area (TPSA) is 49.9 Å². The Hall–Kier alpha value is -1.01. The van der Waals surface area contributed by atoms with E-state index in [1.807, 2.05) is 6.08 Å². The Balaban J connectivity index is 4.09. The van der Waals surface area contributed by atoms with Crippen LogP contribution in [0.5, 0.6) is 0 Å². The lowest BCUT2D eigenvalue weighted by atomic mass is 10.1. The van der Waals surface area contributed by atoms with Crippen LogP contribution in [0.4, 0.5) is 4.79 Å². The molecule has 0 aliphatic carbocycles. The maximum atomic E-state index is 13.0. The zero-order valence-electron chi connectivity index (χ0n) is 29.4. The normalized spacial score (nSPS) is 12.3. The van der Waals surface area contributed by atoms with Crippen LogP contribution < -0.4 is 0 Å². The number of amides is 1. The molecule has 0 heterocycles.